The fraction of sp³-hybridized carbons (Fsp3) is 0.233. The van der Waals surface area contributed by atoms with E-state index in [9.17, 15) is 14.9 Å². The number of aryl methyl sites for hydroxylation is 1. The zero-order chi connectivity index (χ0) is 26.2. The van der Waals surface area contributed by atoms with E-state index in [4.69, 9.17) is 4.74 Å². The first-order chi connectivity index (χ1) is 18.0. The van der Waals surface area contributed by atoms with Gasteiger partial charge in [0.1, 0.15) is 22.4 Å². The average Bonchev–Trinajstić information content (AvgIpc) is 3.25. The van der Waals surface area contributed by atoms with E-state index in [-0.39, 0.29) is 11.5 Å². The van der Waals surface area contributed by atoms with Gasteiger partial charge < -0.3 is 10.1 Å². The van der Waals surface area contributed by atoms with Crippen LogP contribution in [0.3, 0.4) is 0 Å². The maximum Gasteiger partial charge on any atom is 0.264 e. The minimum absolute atomic E-state index is 0.0548. The summed E-state index contributed by atoms with van der Waals surface area (Å²) >= 11 is 1.28. The highest BCUT2D eigenvalue weighted by molar-refractivity contribution is 8.05. The normalized spacial score (nSPS) is 16.3. The van der Waals surface area contributed by atoms with Crippen LogP contribution in [-0.4, -0.2) is 30.7 Å². The molecule has 1 aliphatic rings. The quantitative estimate of drug-likeness (QED) is 0.321. The Morgan fingerprint density at radius 1 is 1.00 bits per heavy atom. The Balaban J connectivity index is 1.55. The first-order valence-electron chi connectivity index (χ1n) is 12.2. The second-order valence-electron chi connectivity index (χ2n) is 8.64. The fourth-order valence-corrected chi connectivity index (χ4v) is 5.43. The molecule has 0 unspecified atom stereocenters. The van der Waals surface area contributed by atoms with Crippen LogP contribution in [0.2, 0.25) is 0 Å². The zero-order valence-corrected chi connectivity index (χ0v) is 21.8. The fourth-order valence-electron chi connectivity index (χ4n) is 4.13. The first-order valence-corrected chi connectivity index (χ1v) is 13.1. The minimum atomic E-state index is -0.486. The summed E-state index contributed by atoms with van der Waals surface area (Å²) in [4.78, 5) is 28.2. The van der Waals surface area contributed by atoms with Crippen molar-refractivity contribution in [1.82, 2.24) is 5.32 Å². The molecule has 0 spiro atoms. The number of hydrogen-bond acceptors (Lipinski definition) is 5. The van der Waals surface area contributed by atoms with Gasteiger partial charge in [-0.3, -0.25) is 14.5 Å². The highest BCUT2D eigenvalue weighted by Gasteiger charge is 2.40. The zero-order valence-electron chi connectivity index (χ0n) is 20.9. The predicted octanol–water partition coefficient (Wildman–Crippen LogP) is 5.04. The molecule has 188 valence electrons. The third-order valence-corrected chi connectivity index (χ3v) is 7.49. The molecule has 1 fully saturated rings. The summed E-state index contributed by atoms with van der Waals surface area (Å²) in [6.45, 7) is 2.46. The van der Waals surface area contributed by atoms with E-state index in [1.807, 2.05) is 66.7 Å². The predicted molar refractivity (Wildman–Crippen MR) is 147 cm³/mol. The van der Waals surface area contributed by atoms with Gasteiger partial charge in [-0.1, -0.05) is 73.3 Å². The molecule has 0 aliphatic carbocycles. The van der Waals surface area contributed by atoms with E-state index in [1.54, 1.807) is 7.11 Å². The molecule has 1 saturated heterocycles. The molecule has 0 bridgehead atoms. The lowest BCUT2D eigenvalue weighted by Gasteiger charge is -2.18. The number of rotatable bonds is 9. The first kappa shape index (κ1) is 26.1. The number of carbonyl (C=O) groups is 2. The molecule has 1 heterocycles. The lowest BCUT2D eigenvalue weighted by Crippen LogP contribution is -2.32. The number of nitrogens with one attached hydrogen (secondary N) is 1. The van der Waals surface area contributed by atoms with Crippen LogP contribution in [0.25, 0.3) is 0 Å². The van der Waals surface area contributed by atoms with Gasteiger partial charge in [0, 0.05) is 12.2 Å². The number of hydrogen-bond donors (Lipinski definition) is 1. The number of benzene rings is 3. The lowest BCUT2D eigenvalue weighted by atomic mass is 10.1. The second kappa shape index (κ2) is 12.3. The molecular formula is C30H29N3O3S. The van der Waals surface area contributed by atoms with E-state index in [0.29, 0.717) is 30.1 Å². The molecule has 0 aromatic heterocycles. The number of amides is 2. The third kappa shape index (κ3) is 6.22. The SMILES string of the molecule is CCc1ccc(C[C@H]2S/C(=C(\C#N)C(=O)NCCc3ccc(OC)cc3)N(c3ccccc3)C2=O)cc1. The van der Waals surface area contributed by atoms with Crippen LogP contribution in [0.5, 0.6) is 5.75 Å². The van der Waals surface area contributed by atoms with Crippen molar-refractivity contribution in [3.63, 3.8) is 0 Å². The van der Waals surface area contributed by atoms with Gasteiger partial charge >= 0.3 is 0 Å². The van der Waals surface area contributed by atoms with Crippen LogP contribution in [0.1, 0.15) is 23.6 Å². The van der Waals surface area contributed by atoms with Crippen molar-refractivity contribution in [2.24, 2.45) is 0 Å². The van der Waals surface area contributed by atoms with E-state index in [0.717, 1.165) is 23.3 Å². The topological polar surface area (TPSA) is 82.4 Å². The van der Waals surface area contributed by atoms with Crippen LogP contribution < -0.4 is 15.0 Å². The number of thioether (sulfide) groups is 1. The average molecular weight is 512 g/mol. The molecule has 0 saturated carbocycles. The summed E-state index contributed by atoms with van der Waals surface area (Å²) in [5.74, 6) is 0.147. The number of carbonyl (C=O) groups excluding carboxylic acids is 2. The van der Waals surface area contributed by atoms with Crippen molar-refractivity contribution in [2.75, 3.05) is 18.6 Å². The van der Waals surface area contributed by atoms with Crippen molar-refractivity contribution in [3.8, 4) is 11.8 Å². The summed E-state index contributed by atoms with van der Waals surface area (Å²) in [7, 11) is 1.61. The van der Waals surface area contributed by atoms with Crippen LogP contribution in [-0.2, 0) is 28.9 Å². The molecule has 1 atom stereocenters. The largest absolute Gasteiger partial charge is 0.497 e. The van der Waals surface area contributed by atoms with Crippen molar-refractivity contribution in [2.45, 2.75) is 31.4 Å². The number of anilines is 1. The van der Waals surface area contributed by atoms with Gasteiger partial charge in [-0.05, 0) is 60.2 Å². The van der Waals surface area contributed by atoms with E-state index >= 15 is 0 Å². The van der Waals surface area contributed by atoms with E-state index in [2.05, 4.69) is 30.4 Å². The van der Waals surface area contributed by atoms with Crippen LogP contribution >= 0.6 is 11.8 Å². The molecule has 3 aromatic rings. The number of ether oxygens (including phenoxy) is 1. The maximum absolute atomic E-state index is 13.6. The van der Waals surface area contributed by atoms with Crippen molar-refractivity contribution in [3.05, 3.63) is 106 Å². The molecule has 2 amide bonds. The number of methoxy groups -OCH3 is 1. The number of nitrogens with zero attached hydrogens (tertiary/aromatic N) is 2. The Labute approximate surface area is 221 Å². The summed E-state index contributed by atoms with van der Waals surface area (Å²) < 4.78 is 5.18. The Hall–Kier alpha value is -4.02. The van der Waals surface area contributed by atoms with E-state index < -0.39 is 11.2 Å². The van der Waals surface area contributed by atoms with Crippen LogP contribution in [0, 0.1) is 11.3 Å². The van der Waals surface area contributed by atoms with Gasteiger partial charge in [-0.15, -0.1) is 0 Å². The second-order valence-corrected chi connectivity index (χ2v) is 9.83. The summed E-state index contributed by atoms with van der Waals surface area (Å²) in [5.41, 5.74) is 3.90. The monoisotopic (exact) mass is 511 g/mol. The summed E-state index contributed by atoms with van der Waals surface area (Å²) in [5, 5.41) is 12.8. The smallest absolute Gasteiger partial charge is 0.264 e. The van der Waals surface area contributed by atoms with Gasteiger partial charge in [0.05, 0.1) is 12.4 Å². The number of nitriles is 1. The third-order valence-electron chi connectivity index (χ3n) is 6.23. The van der Waals surface area contributed by atoms with E-state index in [1.165, 1.54) is 22.2 Å². The Morgan fingerprint density at radius 2 is 1.65 bits per heavy atom. The van der Waals surface area contributed by atoms with Gasteiger partial charge in [0.25, 0.3) is 5.91 Å². The molecule has 6 nitrogen and oxygen atoms in total. The molecule has 37 heavy (non-hydrogen) atoms. The number of para-hydroxylation sites is 1. The highest BCUT2D eigenvalue weighted by atomic mass is 32.2. The van der Waals surface area contributed by atoms with Crippen LogP contribution in [0.15, 0.2) is 89.5 Å². The van der Waals surface area contributed by atoms with Gasteiger partial charge in [-0.25, -0.2) is 0 Å². The Kier molecular flexibility index (Phi) is 8.65. The van der Waals surface area contributed by atoms with Gasteiger partial charge in [-0.2, -0.15) is 5.26 Å². The van der Waals surface area contributed by atoms with Gasteiger partial charge in [0.2, 0.25) is 5.91 Å². The summed E-state index contributed by atoms with van der Waals surface area (Å²) in [6, 6.07) is 27.1. The minimum Gasteiger partial charge on any atom is -0.497 e. The maximum atomic E-state index is 13.6. The molecule has 4 rings (SSSR count). The lowest BCUT2D eigenvalue weighted by molar-refractivity contribution is -0.117. The van der Waals surface area contributed by atoms with Gasteiger partial charge in [0.15, 0.2) is 0 Å². The highest BCUT2D eigenvalue weighted by Crippen LogP contribution is 2.41. The molecule has 3 aromatic carbocycles. The van der Waals surface area contributed by atoms with Crippen molar-refractivity contribution in [1.29, 1.82) is 5.26 Å². The molecule has 1 N–H and O–H groups in total. The summed E-state index contributed by atoms with van der Waals surface area (Å²) in [6.07, 6.45) is 2.07. The Bertz CT molecular complexity index is 1310. The molecule has 1 aliphatic heterocycles. The van der Waals surface area contributed by atoms with Crippen molar-refractivity contribution >= 4 is 29.3 Å². The standard InChI is InChI=1S/C30H29N3O3S/c1-3-21-9-11-23(12-10-21)19-27-29(35)33(24-7-5-4-6-8-24)30(37-27)26(20-31)28(34)32-18-17-22-13-15-25(36-2)16-14-22/h4-16,27H,3,17-19H2,1-2H3,(H,32,34)/b30-26+/t27-/m1/s1. The van der Waals surface area contributed by atoms with Crippen molar-refractivity contribution < 1.29 is 14.3 Å². The molecule has 7 heteroatoms. The Morgan fingerprint density at radius 3 is 2.27 bits per heavy atom. The van der Waals surface area contributed by atoms with Crippen LogP contribution in [0.4, 0.5) is 5.69 Å². The molecule has 0 radical (unpaired) electrons. The molecular weight excluding hydrogens is 482 g/mol.